The molecule has 0 atom stereocenters. The molecular weight excluding hydrogens is 192 g/mol. The van der Waals surface area contributed by atoms with Crippen molar-refractivity contribution in [2.45, 2.75) is 13.3 Å². The summed E-state index contributed by atoms with van der Waals surface area (Å²) in [5.41, 5.74) is 13.9. The van der Waals surface area contributed by atoms with Gasteiger partial charge >= 0.3 is 0 Å². The Labute approximate surface area is 86.8 Å². The molecule has 0 aliphatic carbocycles. The molecule has 0 unspecified atom stereocenters. The number of aromatic amines is 1. The zero-order valence-electron chi connectivity index (χ0n) is 8.36. The summed E-state index contributed by atoms with van der Waals surface area (Å²) in [6, 6.07) is 0. The van der Waals surface area contributed by atoms with Gasteiger partial charge < -0.3 is 16.5 Å². The van der Waals surface area contributed by atoms with E-state index >= 15 is 0 Å². The number of imidazole rings is 1. The largest absolute Gasteiger partial charge is 0.383 e. The molecule has 2 heterocycles. The van der Waals surface area contributed by atoms with Crippen LogP contribution in [0.15, 0.2) is 12.5 Å². The Kier molecular flexibility index (Phi) is 2.24. The zero-order chi connectivity index (χ0) is 10.8. The van der Waals surface area contributed by atoms with Gasteiger partial charge in [0.25, 0.3) is 0 Å². The van der Waals surface area contributed by atoms with Gasteiger partial charge in [0.1, 0.15) is 5.82 Å². The maximum absolute atomic E-state index is 5.72. The van der Waals surface area contributed by atoms with Crippen molar-refractivity contribution in [3.05, 3.63) is 29.5 Å². The minimum absolute atomic E-state index is 0.190. The van der Waals surface area contributed by atoms with Crippen molar-refractivity contribution in [2.24, 2.45) is 0 Å². The smallest absolute Gasteiger partial charge is 0.221 e. The quantitative estimate of drug-likeness (QED) is 0.650. The van der Waals surface area contributed by atoms with E-state index in [1.54, 1.807) is 12.5 Å². The highest BCUT2D eigenvalue weighted by atomic mass is 15.0. The van der Waals surface area contributed by atoms with Crippen LogP contribution in [0.2, 0.25) is 0 Å². The van der Waals surface area contributed by atoms with Gasteiger partial charge in [-0.3, -0.25) is 0 Å². The van der Waals surface area contributed by atoms with Crippen LogP contribution in [-0.2, 0) is 6.42 Å². The zero-order valence-corrected chi connectivity index (χ0v) is 8.36. The fourth-order valence-corrected chi connectivity index (χ4v) is 1.32. The molecule has 2 aromatic heterocycles. The van der Waals surface area contributed by atoms with E-state index in [2.05, 4.69) is 19.9 Å². The molecule has 6 nitrogen and oxygen atoms in total. The Bertz CT molecular complexity index is 475. The number of aryl methyl sites for hydroxylation is 1. The molecule has 0 radical (unpaired) electrons. The molecule has 15 heavy (non-hydrogen) atoms. The first-order chi connectivity index (χ1) is 7.16. The van der Waals surface area contributed by atoms with Crippen LogP contribution in [0.3, 0.4) is 0 Å². The van der Waals surface area contributed by atoms with Gasteiger partial charge in [-0.2, -0.15) is 4.98 Å². The van der Waals surface area contributed by atoms with E-state index in [0.717, 1.165) is 17.0 Å². The standard InChI is InChI=1S/C9H12N6/c1-5-7(14-4-13-5)2-6-3-12-9(11)15-8(6)10/h3-4H,2H2,1H3,(H,13,14)(H4,10,11,12,15). The molecule has 0 saturated carbocycles. The summed E-state index contributed by atoms with van der Waals surface area (Å²) >= 11 is 0. The first-order valence-corrected chi connectivity index (χ1v) is 4.52. The third-order valence-corrected chi connectivity index (χ3v) is 2.21. The average Bonchev–Trinajstić information content (AvgIpc) is 2.57. The van der Waals surface area contributed by atoms with Gasteiger partial charge in [0, 0.05) is 23.9 Å². The number of hydrogen-bond acceptors (Lipinski definition) is 5. The van der Waals surface area contributed by atoms with E-state index in [-0.39, 0.29) is 5.95 Å². The Morgan fingerprint density at radius 3 is 2.73 bits per heavy atom. The van der Waals surface area contributed by atoms with Crippen molar-refractivity contribution >= 4 is 11.8 Å². The van der Waals surface area contributed by atoms with Gasteiger partial charge in [-0.15, -0.1) is 0 Å². The van der Waals surface area contributed by atoms with Gasteiger partial charge in [-0.25, -0.2) is 9.97 Å². The molecule has 0 amide bonds. The third kappa shape index (κ3) is 1.88. The van der Waals surface area contributed by atoms with Gasteiger partial charge in [0.15, 0.2) is 0 Å². The number of nitrogens with two attached hydrogens (primary N) is 2. The Balaban J connectivity index is 2.29. The van der Waals surface area contributed by atoms with Crippen LogP contribution in [0, 0.1) is 6.92 Å². The second-order valence-electron chi connectivity index (χ2n) is 3.29. The van der Waals surface area contributed by atoms with Crippen molar-refractivity contribution < 1.29 is 0 Å². The third-order valence-electron chi connectivity index (χ3n) is 2.21. The van der Waals surface area contributed by atoms with Crippen LogP contribution in [0.5, 0.6) is 0 Å². The molecule has 0 fully saturated rings. The summed E-state index contributed by atoms with van der Waals surface area (Å²) in [7, 11) is 0. The lowest BCUT2D eigenvalue weighted by Crippen LogP contribution is -2.04. The summed E-state index contributed by atoms with van der Waals surface area (Å²) in [5, 5.41) is 0. The molecule has 0 bridgehead atoms. The lowest BCUT2D eigenvalue weighted by Gasteiger charge is -2.03. The van der Waals surface area contributed by atoms with Crippen molar-refractivity contribution in [3.8, 4) is 0 Å². The Morgan fingerprint density at radius 1 is 1.33 bits per heavy atom. The number of nitrogens with one attached hydrogen (secondary N) is 1. The van der Waals surface area contributed by atoms with Crippen LogP contribution in [0.25, 0.3) is 0 Å². The fourth-order valence-electron chi connectivity index (χ4n) is 1.32. The second kappa shape index (κ2) is 3.56. The van der Waals surface area contributed by atoms with E-state index < -0.39 is 0 Å². The number of hydrogen-bond donors (Lipinski definition) is 3. The highest BCUT2D eigenvalue weighted by molar-refractivity contribution is 5.43. The first-order valence-electron chi connectivity index (χ1n) is 4.52. The molecule has 0 aliphatic rings. The van der Waals surface area contributed by atoms with Crippen LogP contribution in [0.1, 0.15) is 17.0 Å². The van der Waals surface area contributed by atoms with Crippen LogP contribution < -0.4 is 11.5 Å². The number of H-pyrrole nitrogens is 1. The summed E-state index contributed by atoms with van der Waals surface area (Å²) in [4.78, 5) is 15.0. The van der Waals surface area contributed by atoms with Crippen molar-refractivity contribution in [1.82, 2.24) is 19.9 Å². The number of aromatic nitrogens is 4. The maximum atomic E-state index is 5.72. The van der Waals surface area contributed by atoms with Gasteiger partial charge in [-0.05, 0) is 6.92 Å². The molecular formula is C9H12N6. The second-order valence-corrected chi connectivity index (χ2v) is 3.29. The van der Waals surface area contributed by atoms with E-state index in [4.69, 9.17) is 11.5 Å². The number of nitrogens with zero attached hydrogens (tertiary/aromatic N) is 3. The Morgan fingerprint density at radius 2 is 2.13 bits per heavy atom. The van der Waals surface area contributed by atoms with Gasteiger partial charge in [0.05, 0.1) is 12.0 Å². The van der Waals surface area contributed by atoms with Crippen molar-refractivity contribution in [1.29, 1.82) is 0 Å². The lowest BCUT2D eigenvalue weighted by molar-refractivity contribution is 1.04. The van der Waals surface area contributed by atoms with Crippen LogP contribution >= 0.6 is 0 Å². The molecule has 78 valence electrons. The lowest BCUT2D eigenvalue weighted by atomic mass is 10.1. The summed E-state index contributed by atoms with van der Waals surface area (Å²) in [5.74, 6) is 0.597. The topological polar surface area (TPSA) is 106 Å². The summed E-state index contributed by atoms with van der Waals surface area (Å²) in [6.45, 7) is 1.96. The predicted octanol–water partition coefficient (Wildman–Crippen LogP) is 0.263. The van der Waals surface area contributed by atoms with Crippen LogP contribution in [-0.4, -0.2) is 19.9 Å². The van der Waals surface area contributed by atoms with Crippen molar-refractivity contribution in [3.63, 3.8) is 0 Å². The molecule has 5 N–H and O–H groups in total. The first kappa shape index (κ1) is 9.45. The average molecular weight is 204 g/mol. The van der Waals surface area contributed by atoms with E-state index in [1.807, 2.05) is 6.92 Å². The SMILES string of the molecule is Cc1[nH]cnc1Cc1cnc(N)nc1N. The van der Waals surface area contributed by atoms with Gasteiger partial charge in [0.2, 0.25) is 5.95 Å². The molecule has 0 spiro atoms. The van der Waals surface area contributed by atoms with Crippen LogP contribution in [0.4, 0.5) is 11.8 Å². The van der Waals surface area contributed by atoms with E-state index in [9.17, 15) is 0 Å². The number of nitrogen functional groups attached to an aromatic ring is 2. The normalized spacial score (nSPS) is 10.5. The van der Waals surface area contributed by atoms with Crippen molar-refractivity contribution in [2.75, 3.05) is 11.5 Å². The number of anilines is 2. The molecule has 0 aliphatic heterocycles. The number of rotatable bonds is 2. The monoisotopic (exact) mass is 204 g/mol. The minimum atomic E-state index is 0.190. The summed E-state index contributed by atoms with van der Waals surface area (Å²) < 4.78 is 0. The predicted molar refractivity (Wildman–Crippen MR) is 57.0 cm³/mol. The molecule has 6 heteroatoms. The maximum Gasteiger partial charge on any atom is 0.221 e. The molecule has 0 aromatic carbocycles. The molecule has 0 saturated heterocycles. The highest BCUT2D eigenvalue weighted by Gasteiger charge is 2.07. The van der Waals surface area contributed by atoms with Gasteiger partial charge in [-0.1, -0.05) is 0 Å². The van der Waals surface area contributed by atoms with E-state index in [1.165, 1.54) is 0 Å². The fraction of sp³-hybridized carbons (Fsp3) is 0.222. The Hall–Kier alpha value is -2.11. The summed E-state index contributed by atoms with van der Waals surface area (Å²) in [6.07, 6.45) is 3.90. The molecule has 2 aromatic rings. The minimum Gasteiger partial charge on any atom is -0.383 e. The molecule has 2 rings (SSSR count). The van der Waals surface area contributed by atoms with E-state index in [0.29, 0.717) is 12.2 Å². The highest BCUT2D eigenvalue weighted by Crippen LogP contribution is 2.14.